The van der Waals surface area contributed by atoms with Crippen LogP contribution in [0.4, 0.5) is 0 Å². The van der Waals surface area contributed by atoms with Gasteiger partial charge in [-0.1, -0.05) is 36.4 Å². The molecule has 0 amide bonds. The Morgan fingerprint density at radius 2 is 1.64 bits per heavy atom. The monoisotopic (exact) mass is 360 g/mol. The number of ketones is 1. The van der Waals surface area contributed by atoms with Crippen LogP contribution in [0.5, 0.6) is 11.5 Å². The molecule has 0 atom stereocenters. The number of carbonyl (C=O) groups excluding carboxylic acids is 1. The molecule has 2 aromatic carbocycles. The van der Waals surface area contributed by atoms with E-state index < -0.39 is 7.82 Å². The van der Waals surface area contributed by atoms with Gasteiger partial charge in [0.25, 0.3) is 0 Å². The molecule has 0 fully saturated rings. The van der Waals surface area contributed by atoms with Gasteiger partial charge in [-0.05, 0) is 42.0 Å². The Morgan fingerprint density at radius 1 is 1.00 bits per heavy atom. The van der Waals surface area contributed by atoms with Crippen molar-refractivity contribution >= 4 is 25.8 Å². The first-order chi connectivity index (χ1) is 11.9. The van der Waals surface area contributed by atoms with Crippen molar-refractivity contribution in [3.63, 3.8) is 0 Å². The Balaban J connectivity index is 2.00. The van der Waals surface area contributed by atoms with Gasteiger partial charge in [-0.3, -0.25) is 14.6 Å². The summed E-state index contributed by atoms with van der Waals surface area (Å²) in [5.74, 6) is 0.519. The third-order valence-corrected chi connectivity index (χ3v) is 3.56. The van der Waals surface area contributed by atoms with Gasteiger partial charge in [-0.25, -0.2) is 4.57 Å². The van der Waals surface area contributed by atoms with Gasteiger partial charge >= 0.3 is 7.82 Å². The molecule has 0 unspecified atom stereocenters. The third-order valence-electron chi connectivity index (χ3n) is 3.11. The average Bonchev–Trinajstić information content (AvgIpc) is 2.58. The zero-order chi connectivity index (χ0) is 18.3. The van der Waals surface area contributed by atoms with Crippen molar-refractivity contribution in [1.82, 2.24) is 0 Å². The Bertz CT molecular complexity index is 833. The fraction of sp³-hybridized carbons (Fsp3) is 0.0556. The van der Waals surface area contributed by atoms with Gasteiger partial charge in [0.2, 0.25) is 0 Å². The number of rotatable bonds is 7. The Labute approximate surface area is 145 Å². The fourth-order valence-corrected chi connectivity index (χ4v) is 2.38. The molecule has 0 aromatic heterocycles. The molecule has 25 heavy (non-hydrogen) atoms. The molecule has 0 saturated heterocycles. The number of hydrogen-bond donors (Lipinski definition) is 2. The number of methoxy groups -OCH3 is 1. The van der Waals surface area contributed by atoms with E-state index in [1.54, 1.807) is 37.5 Å². The maximum Gasteiger partial charge on any atom is 0.524 e. The molecule has 130 valence electrons. The van der Waals surface area contributed by atoms with Gasteiger partial charge in [0.1, 0.15) is 11.5 Å². The lowest BCUT2D eigenvalue weighted by atomic mass is 10.1. The molecule has 7 heteroatoms. The zero-order valence-electron chi connectivity index (χ0n) is 13.4. The first-order valence-electron chi connectivity index (χ1n) is 7.26. The van der Waals surface area contributed by atoms with Crippen LogP contribution in [0.1, 0.15) is 11.1 Å². The first-order valence-corrected chi connectivity index (χ1v) is 8.79. The summed E-state index contributed by atoms with van der Waals surface area (Å²) in [6.45, 7) is 0. The molecule has 2 N–H and O–H groups in total. The summed E-state index contributed by atoms with van der Waals surface area (Å²) in [6, 6.07) is 13.3. The topological polar surface area (TPSA) is 93.1 Å². The van der Waals surface area contributed by atoms with Crippen LogP contribution in [0.3, 0.4) is 0 Å². The molecule has 0 spiro atoms. The minimum Gasteiger partial charge on any atom is -0.496 e. The van der Waals surface area contributed by atoms with E-state index in [2.05, 4.69) is 4.52 Å². The second-order valence-corrected chi connectivity index (χ2v) is 6.13. The molecule has 0 saturated carbocycles. The van der Waals surface area contributed by atoms with E-state index in [0.29, 0.717) is 11.3 Å². The van der Waals surface area contributed by atoms with Crippen molar-refractivity contribution < 1.29 is 28.4 Å². The normalized spacial score (nSPS) is 11.8. The summed E-state index contributed by atoms with van der Waals surface area (Å²) in [5, 5.41) is 0. The molecular weight excluding hydrogens is 343 g/mol. The third kappa shape index (κ3) is 6.39. The van der Waals surface area contributed by atoms with Gasteiger partial charge in [0, 0.05) is 5.56 Å². The number of allylic oxidation sites excluding steroid dienone is 2. The van der Waals surface area contributed by atoms with E-state index in [9.17, 15) is 9.36 Å². The highest BCUT2D eigenvalue weighted by atomic mass is 31.2. The molecule has 6 nitrogen and oxygen atoms in total. The van der Waals surface area contributed by atoms with E-state index in [0.717, 1.165) is 5.56 Å². The van der Waals surface area contributed by atoms with E-state index in [4.69, 9.17) is 14.5 Å². The van der Waals surface area contributed by atoms with Gasteiger partial charge in [0.05, 0.1) is 7.11 Å². The Kier molecular flexibility index (Phi) is 6.31. The lowest BCUT2D eigenvalue weighted by Gasteiger charge is -2.06. The van der Waals surface area contributed by atoms with Crippen LogP contribution in [0.2, 0.25) is 0 Å². The van der Waals surface area contributed by atoms with Gasteiger partial charge < -0.3 is 9.26 Å². The highest BCUT2D eigenvalue weighted by molar-refractivity contribution is 7.46. The van der Waals surface area contributed by atoms with E-state index in [-0.39, 0.29) is 11.5 Å². The fourth-order valence-electron chi connectivity index (χ4n) is 1.99. The molecule has 0 bridgehead atoms. The molecule has 0 aliphatic heterocycles. The van der Waals surface area contributed by atoms with Crippen molar-refractivity contribution in [3.05, 3.63) is 71.8 Å². The minimum atomic E-state index is -4.57. The maximum absolute atomic E-state index is 11.9. The first kappa shape index (κ1) is 18.7. The van der Waals surface area contributed by atoms with Gasteiger partial charge in [-0.15, -0.1) is 0 Å². The zero-order valence-corrected chi connectivity index (χ0v) is 14.3. The van der Waals surface area contributed by atoms with E-state index in [1.807, 2.05) is 18.2 Å². The van der Waals surface area contributed by atoms with Gasteiger partial charge in [-0.2, -0.15) is 0 Å². The van der Waals surface area contributed by atoms with Crippen molar-refractivity contribution in [2.75, 3.05) is 7.11 Å². The standard InChI is InChI=1S/C18H17O6P/c1-23-18-5-3-2-4-15(18)9-11-16(19)10-6-14-7-12-17(13-8-14)24-25(20,21)22/h2-13H,1H3,(H2,20,21,22)/b10-6+,11-9+. The number of benzene rings is 2. The van der Waals surface area contributed by atoms with Crippen LogP contribution in [0, 0.1) is 0 Å². The van der Waals surface area contributed by atoms with Crippen LogP contribution in [-0.4, -0.2) is 22.7 Å². The van der Waals surface area contributed by atoms with Crippen molar-refractivity contribution in [2.24, 2.45) is 0 Å². The summed E-state index contributed by atoms with van der Waals surface area (Å²) >= 11 is 0. The summed E-state index contributed by atoms with van der Waals surface area (Å²) in [6.07, 6.45) is 6.09. The quantitative estimate of drug-likeness (QED) is 0.580. The Morgan fingerprint density at radius 3 is 2.28 bits per heavy atom. The average molecular weight is 360 g/mol. The van der Waals surface area contributed by atoms with Crippen LogP contribution in [0.25, 0.3) is 12.2 Å². The molecular formula is C18H17O6P. The molecule has 2 rings (SSSR count). The summed E-state index contributed by atoms with van der Waals surface area (Å²) in [4.78, 5) is 29.3. The second kappa shape index (κ2) is 8.44. The minimum absolute atomic E-state index is 0.0490. The second-order valence-electron chi connectivity index (χ2n) is 4.96. The summed E-state index contributed by atoms with van der Waals surface area (Å²) < 4.78 is 20.4. The molecule has 0 aliphatic rings. The van der Waals surface area contributed by atoms with Crippen LogP contribution in [-0.2, 0) is 9.36 Å². The summed E-state index contributed by atoms with van der Waals surface area (Å²) in [5.41, 5.74) is 1.49. The maximum atomic E-state index is 11.9. The summed E-state index contributed by atoms with van der Waals surface area (Å²) in [7, 11) is -3.01. The lowest BCUT2D eigenvalue weighted by Crippen LogP contribution is -1.90. The van der Waals surface area contributed by atoms with E-state index >= 15 is 0 Å². The van der Waals surface area contributed by atoms with Crippen LogP contribution in [0.15, 0.2) is 60.7 Å². The number of para-hydroxylation sites is 1. The number of hydrogen-bond acceptors (Lipinski definition) is 4. The molecule has 2 aromatic rings. The number of phosphoric acid groups is 1. The molecule has 0 heterocycles. The Hall–Kier alpha value is -2.66. The van der Waals surface area contributed by atoms with E-state index in [1.165, 1.54) is 24.3 Å². The largest absolute Gasteiger partial charge is 0.524 e. The molecule has 0 radical (unpaired) electrons. The highest BCUT2D eigenvalue weighted by Crippen LogP contribution is 2.37. The van der Waals surface area contributed by atoms with Crippen LogP contribution < -0.4 is 9.26 Å². The van der Waals surface area contributed by atoms with Crippen LogP contribution >= 0.6 is 7.82 Å². The molecule has 0 aliphatic carbocycles. The van der Waals surface area contributed by atoms with Crippen molar-refractivity contribution in [3.8, 4) is 11.5 Å². The smallest absolute Gasteiger partial charge is 0.496 e. The SMILES string of the molecule is COc1ccccc1/C=C/C(=O)/C=C/c1ccc(OP(=O)(O)O)cc1. The van der Waals surface area contributed by atoms with Crippen molar-refractivity contribution in [1.29, 1.82) is 0 Å². The lowest BCUT2D eigenvalue weighted by molar-refractivity contribution is -0.110. The predicted molar refractivity (Wildman–Crippen MR) is 95.2 cm³/mol. The van der Waals surface area contributed by atoms with Crippen molar-refractivity contribution in [2.45, 2.75) is 0 Å². The highest BCUT2D eigenvalue weighted by Gasteiger charge is 2.15. The number of carbonyl (C=O) groups is 1. The van der Waals surface area contributed by atoms with Gasteiger partial charge in [0.15, 0.2) is 5.78 Å². The number of ether oxygens (including phenoxy) is 1. The predicted octanol–water partition coefficient (Wildman–Crippen LogP) is 3.46. The number of phosphoric ester groups is 1.